The fourth-order valence-electron chi connectivity index (χ4n) is 4.45. The van der Waals surface area contributed by atoms with Gasteiger partial charge in [-0.3, -0.25) is 0 Å². The highest BCUT2D eigenvalue weighted by molar-refractivity contribution is 5.91. The summed E-state index contributed by atoms with van der Waals surface area (Å²) in [5, 5.41) is 0. The largest absolute Gasteiger partial charge is 0.494 e. The Kier molecular flexibility index (Phi) is 14.0. The second-order valence-electron chi connectivity index (χ2n) is 10.6. The van der Waals surface area contributed by atoms with Gasteiger partial charge in [-0.05, 0) is 78.4 Å². The van der Waals surface area contributed by atoms with E-state index in [1.165, 1.54) is 50.3 Å². The molecule has 0 saturated carbocycles. The fourth-order valence-corrected chi connectivity index (χ4v) is 4.45. The van der Waals surface area contributed by atoms with Gasteiger partial charge < -0.3 is 14.2 Å². The van der Waals surface area contributed by atoms with Gasteiger partial charge in [-0.1, -0.05) is 88.8 Å². The van der Waals surface area contributed by atoms with Gasteiger partial charge in [0.25, 0.3) is 0 Å². The van der Waals surface area contributed by atoms with Gasteiger partial charge in [0.1, 0.15) is 11.5 Å². The average molecular weight is 611 g/mol. The summed E-state index contributed by atoms with van der Waals surface area (Å²) in [4.78, 5) is 24.6. The lowest BCUT2D eigenvalue weighted by atomic mass is 10.0. The summed E-state index contributed by atoms with van der Waals surface area (Å²) < 4.78 is 55.1. The molecule has 8 heteroatoms. The zero-order chi connectivity index (χ0) is 31.8. The number of halogens is 3. The molecule has 0 saturated heterocycles. The van der Waals surface area contributed by atoms with Crippen LogP contribution in [-0.2, 0) is 9.53 Å². The van der Waals surface area contributed by atoms with Crippen LogP contribution in [0.15, 0.2) is 78.9 Å². The zero-order valence-electron chi connectivity index (χ0n) is 25.4. The summed E-state index contributed by atoms with van der Waals surface area (Å²) in [6.45, 7) is 4.69. The topological polar surface area (TPSA) is 61.8 Å². The second-order valence-corrected chi connectivity index (χ2v) is 10.6. The average Bonchev–Trinajstić information content (AvgIpc) is 3.02. The van der Waals surface area contributed by atoms with E-state index in [1.807, 2.05) is 36.4 Å². The van der Waals surface area contributed by atoms with Crippen molar-refractivity contribution in [2.75, 3.05) is 6.61 Å². The molecule has 0 spiro atoms. The molecule has 1 atom stereocenters. The van der Waals surface area contributed by atoms with Crippen molar-refractivity contribution in [1.29, 1.82) is 0 Å². The Hall–Kier alpha value is -4.07. The standard InChI is InChI=1S/C36H41F3O5/c1-3-5-7-8-9-10-26-42-31-23-19-29(20-24-31)28-15-17-30(18-16-28)35(41)43-32-21-12-27(13-22-32)14-25-34(40)44-33(11-6-4-2)36(37,38)39/h12-25,33H,3-11,26H2,1-2H3/t33-/m0/s1. The number of esters is 2. The van der Waals surface area contributed by atoms with Crippen LogP contribution in [0, 0.1) is 0 Å². The summed E-state index contributed by atoms with van der Waals surface area (Å²) in [5.41, 5.74) is 2.86. The Morgan fingerprint density at radius 1 is 0.727 bits per heavy atom. The lowest BCUT2D eigenvalue weighted by Crippen LogP contribution is -2.33. The number of unbranched alkanes of at least 4 members (excludes halogenated alkanes) is 6. The molecule has 0 aromatic heterocycles. The van der Waals surface area contributed by atoms with E-state index in [1.54, 1.807) is 31.2 Å². The van der Waals surface area contributed by atoms with Gasteiger partial charge in [-0.15, -0.1) is 0 Å². The predicted octanol–water partition coefficient (Wildman–Crippen LogP) is 9.99. The van der Waals surface area contributed by atoms with Crippen molar-refractivity contribution in [2.45, 2.75) is 83.9 Å². The van der Waals surface area contributed by atoms with Crippen LogP contribution in [0.2, 0.25) is 0 Å². The van der Waals surface area contributed by atoms with E-state index in [-0.39, 0.29) is 12.2 Å². The number of hydrogen-bond acceptors (Lipinski definition) is 5. The Morgan fingerprint density at radius 2 is 1.30 bits per heavy atom. The molecule has 0 heterocycles. The van der Waals surface area contributed by atoms with Crippen LogP contribution in [0.5, 0.6) is 11.5 Å². The third kappa shape index (κ3) is 11.9. The minimum Gasteiger partial charge on any atom is -0.494 e. The van der Waals surface area contributed by atoms with Crippen molar-refractivity contribution in [3.05, 3.63) is 90.0 Å². The number of rotatable bonds is 17. The quantitative estimate of drug-likeness (QED) is 0.0659. The summed E-state index contributed by atoms with van der Waals surface area (Å²) in [6, 6.07) is 21.2. The lowest BCUT2D eigenvalue weighted by Gasteiger charge is -2.19. The van der Waals surface area contributed by atoms with E-state index in [0.29, 0.717) is 30.6 Å². The smallest absolute Gasteiger partial charge is 0.425 e. The van der Waals surface area contributed by atoms with E-state index in [0.717, 1.165) is 29.4 Å². The van der Waals surface area contributed by atoms with E-state index in [2.05, 4.69) is 11.7 Å². The van der Waals surface area contributed by atoms with E-state index in [4.69, 9.17) is 9.47 Å². The molecule has 0 aliphatic heterocycles. The third-order valence-corrected chi connectivity index (χ3v) is 7.02. The Bertz CT molecular complexity index is 1310. The SMILES string of the molecule is CCCCCCCCOc1ccc(-c2ccc(C(=O)Oc3ccc(C=CC(=O)O[C@@H](CCCC)C(F)(F)F)cc3)cc2)cc1. The highest BCUT2D eigenvalue weighted by Crippen LogP contribution is 2.27. The van der Waals surface area contributed by atoms with Crippen molar-refractivity contribution < 1.29 is 37.0 Å². The maximum atomic E-state index is 13.1. The van der Waals surface area contributed by atoms with Crippen LogP contribution in [0.25, 0.3) is 17.2 Å². The van der Waals surface area contributed by atoms with Gasteiger partial charge in [0.05, 0.1) is 12.2 Å². The number of alkyl halides is 3. The van der Waals surface area contributed by atoms with Crippen LogP contribution in [0.4, 0.5) is 13.2 Å². The molecule has 0 bridgehead atoms. The number of carbonyl (C=O) groups is 2. The molecule has 0 N–H and O–H groups in total. The van der Waals surface area contributed by atoms with Crippen molar-refractivity contribution >= 4 is 18.0 Å². The third-order valence-electron chi connectivity index (χ3n) is 7.02. The first-order chi connectivity index (χ1) is 21.2. The Morgan fingerprint density at radius 3 is 1.91 bits per heavy atom. The summed E-state index contributed by atoms with van der Waals surface area (Å²) in [6.07, 6.45) is 3.45. The molecule has 3 aromatic carbocycles. The van der Waals surface area contributed by atoms with Crippen LogP contribution < -0.4 is 9.47 Å². The molecule has 5 nitrogen and oxygen atoms in total. The summed E-state index contributed by atoms with van der Waals surface area (Å²) >= 11 is 0. The van der Waals surface area contributed by atoms with Crippen LogP contribution in [0.1, 0.15) is 87.6 Å². The molecule has 0 radical (unpaired) electrons. The Balaban J connectivity index is 1.47. The van der Waals surface area contributed by atoms with Gasteiger partial charge >= 0.3 is 18.1 Å². The van der Waals surface area contributed by atoms with Gasteiger partial charge in [0, 0.05) is 6.08 Å². The predicted molar refractivity (Wildman–Crippen MR) is 167 cm³/mol. The molecule has 44 heavy (non-hydrogen) atoms. The maximum Gasteiger partial charge on any atom is 0.425 e. The molecule has 3 aromatic rings. The van der Waals surface area contributed by atoms with Crippen molar-refractivity contribution in [2.24, 2.45) is 0 Å². The van der Waals surface area contributed by atoms with Gasteiger partial charge in [-0.25, -0.2) is 9.59 Å². The van der Waals surface area contributed by atoms with Gasteiger partial charge in [0.15, 0.2) is 6.10 Å². The molecule has 0 aliphatic rings. The van der Waals surface area contributed by atoms with E-state index in [9.17, 15) is 22.8 Å². The summed E-state index contributed by atoms with van der Waals surface area (Å²) in [5.74, 6) is -0.490. The first-order valence-electron chi connectivity index (χ1n) is 15.3. The van der Waals surface area contributed by atoms with Crippen LogP contribution in [-0.4, -0.2) is 30.8 Å². The molecule has 0 amide bonds. The second kappa shape index (κ2) is 17.9. The summed E-state index contributed by atoms with van der Waals surface area (Å²) in [7, 11) is 0. The zero-order valence-corrected chi connectivity index (χ0v) is 25.4. The number of benzene rings is 3. The molecular formula is C36H41F3O5. The molecule has 0 unspecified atom stereocenters. The highest BCUT2D eigenvalue weighted by Gasteiger charge is 2.41. The highest BCUT2D eigenvalue weighted by atomic mass is 19.4. The minimum atomic E-state index is -4.61. The normalized spacial score (nSPS) is 12.2. The van der Waals surface area contributed by atoms with Crippen LogP contribution >= 0.6 is 0 Å². The number of carbonyl (C=O) groups excluding carboxylic acids is 2. The Labute approximate surface area is 258 Å². The number of hydrogen-bond donors (Lipinski definition) is 0. The molecule has 0 aliphatic carbocycles. The lowest BCUT2D eigenvalue weighted by molar-refractivity contribution is -0.220. The molecular weight excluding hydrogens is 569 g/mol. The van der Waals surface area contributed by atoms with Crippen molar-refractivity contribution in [3.8, 4) is 22.6 Å². The van der Waals surface area contributed by atoms with Gasteiger partial charge in [-0.2, -0.15) is 13.2 Å². The van der Waals surface area contributed by atoms with Gasteiger partial charge in [0.2, 0.25) is 0 Å². The minimum absolute atomic E-state index is 0.274. The molecule has 236 valence electrons. The van der Waals surface area contributed by atoms with Crippen molar-refractivity contribution in [1.82, 2.24) is 0 Å². The van der Waals surface area contributed by atoms with E-state index < -0.39 is 24.2 Å². The first kappa shape index (κ1) is 34.4. The van der Waals surface area contributed by atoms with Crippen molar-refractivity contribution in [3.63, 3.8) is 0 Å². The maximum absolute atomic E-state index is 13.1. The van der Waals surface area contributed by atoms with E-state index >= 15 is 0 Å². The molecule has 3 rings (SSSR count). The first-order valence-corrected chi connectivity index (χ1v) is 15.3. The fraction of sp³-hybridized carbons (Fsp3) is 0.389. The number of ether oxygens (including phenoxy) is 3. The molecule has 0 fully saturated rings. The van der Waals surface area contributed by atoms with Crippen LogP contribution in [0.3, 0.4) is 0 Å². The monoisotopic (exact) mass is 610 g/mol.